The number of phosphoric acid groups is 1. The van der Waals surface area contributed by atoms with Crippen LogP contribution >= 0.6 is 19.6 Å². The van der Waals surface area contributed by atoms with Crippen LogP contribution in [-0.4, -0.2) is 75.3 Å². The maximum absolute atomic E-state index is 13.0. The standard InChI is InChI=1S/C26H48N3O9PS/c1-5-19(6-2)23(32)29-20(16-18-10-8-7-9-11-18)25(34)40-15-14-27-21(30)12-13-28-24(33)22(31)26(3,4)17-38-39(35,36)37/h18-20,22,31H,5-17H2,1-4H3,(H,27,30)(H,28,33)(H,29,32)(H2,35,36,37)/t20-,22?/m0/s1. The van der Waals surface area contributed by atoms with Gasteiger partial charge in [0, 0.05) is 36.6 Å². The van der Waals surface area contributed by atoms with Crippen molar-refractivity contribution >= 4 is 42.4 Å². The molecule has 0 aromatic rings. The first-order valence-corrected chi connectivity index (χ1v) is 16.6. The quantitative estimate of drug-likeness (QED) is 0.0992. The number of amides is 3. The van der Waals surface area contributed by atoms with Crippen molar-refractivity contribution in [2.45, 2.75) is 97.6 Å². The van der Waals surface area contributed by atoms with Crippen molar-refractivity contribution in [1.82, 2.24) is 16.0 Å². The van der Waals surface area contributed by atoms with Gasteiger partial charge >= 0.3 is 7.82 Å². The first-order valence-electron chi connectivity index (χ1n) is 14.1. The fraction of sp³-hybridized carbons (Fsp3) is 0.846. The Morgan fingerprint density at radius 1 is 1.00 bits per heavy atom. The molecule has 0 aromatic heterocycles. The summed E-state index contributed by atoms with van der Waals surface area (Å²) < 4.78 is 15.3. The van der Waals surface area contributed by atoms with Gasteiger partial charge in [-0.05, 0) is 25.2 Å². The lowest BCUT2D eigenvalue weighted by Gasteiger charge is -2.29. The van der Waals surface area contributed by atoms with Gasteiger partial charge in [-0.15, -0.1) is 0 Å². The number of aliphatic hydroxyl groups is 1. The van der Waals surface area contributed by atoms with Crippen LogP contribution in [0.2, 0.25) is 0 Å². The molecular formula is C26H48N3O9PS. The highest BCUT2D eigenvalue weighted by Gasteiger charge is 2.36. The molecule has 0 heterocycles. The Balaban J connectivity index is 2.44. The molecule has 14 heteroatoms. The molecule has 40 heavy (non-hydrogen) atoms. The number of thioether (sulfide) groups is 1. The molecule has 1 rings (SSSR count). The lowest BCUT2D eigenvalue weighted by atomic mass is 9.85. The molecular weight excluding hydrogens is 561 g/mol. The van der Waals surface area contributed by atoms with Gasteiger partial charge < -0.3 is 30.8 Å². The van der Waals surface area contributed by atoms with Crippen LogP contribution in [0.3, 0.4) is 0 Å². The van der Waals surface area contributed by atoms with Crippen molar-refractivity contribution in [3.63, 3.8) is 0 Å². The van der Waals surface area contributed by atoms with E-state index in [2.05, 4.69) is 20.5 Å². The molecule has 232 valence electrons. The van der Waals surface area contributed by atoms with Gasteiger partial charge in [0.15, 0.2) is 0 Å². The SMILES string of the molecule is CCC(CC)C(=O)N[C@@H](CC1CCCCC1)C(=O)SCCNC(=O)CCNC(=O)C(O)C(C)(C)COP(=O)(O)O. The average molecular weight is 610 g/mol. The van der Waals surface area contributed by atoms with Gasteiger partial charge in [0.1, 0.15) is 6.10 Å². The molecule has 2 atom stereocenters. The molecule has 3 amide bonds. The number of hydrogen-bond donors (Lipinski definition) is 6. The van der Waals surface area contributed by atoms with Crippen LogP contribution in [0.5, 0.6) is 0 Å². The van der Waals surface area contributed by atoms with E-state index in [1.165, 1.54) is 20.3 Å². The number of hydrogen-bond acceptors (Lipinski definition) is 8. The molecule has 6 N–H and O–H groups in total. The lowest BCUT2D eigenvalue weighted by molar-refractivity contribution is -0.137. The fourth-order valence-corrected chi connectivity index (χ4v) is 5.79. The molecule has 0 bridgehead atoms. The summed E-state index contributed by atoms with van der Waals surface area (Å²) in [6, 6.07) is -0.546. The number of aliphatic hydroxyl groups excluding tert-OH is 1. The van der Waals surface area contributed by atoms with E-state index in [4.69, 9.17) is 9.79 Å². The first-order chi connectivity index (χ1) is 18.7. The van der Waals surface area contributed by atoms with Gasteiger partial charge in [-0.25, -0.2) is 4.57 Å². The highest BCUT2D eigenvalue weighted by Crippen LogP contribution is 2.38. The Hall–Kier alpha value is -1.50. The number of rotatable bonds is 18. The van der Waals surface area contributed by atoms with E-state index < -0.39 is 37.9 Å². The minimum absolute atomic E-state index is 0.0608. The van der Waals surface area contributed by atoms with Gasteiger partial charge in [0.2, 0.25) is 22.8 Å². The van der Waals surface area contributed by atoms with Crippen molar-refractivity contribution in [1.29, 1.82) is 0 Å². The number of phosphoric ester groups is 1. The van der Waals surface area contributed by atoms with Crippen LogP contribution in [0, 0.1) is 17.3 Å². The largest absolute Gasteiger partial charge is 0.469 e. The Bertz CT molecular complexity index is 873. The minimum Gasteiger partial charge on any atom is -0.383 e. The van der Waals surface area contributed by atoms with E-state index in [1.807, 2.05) is 13.8 Å². The Morgan fingerprint density at radius 2 is 1.62 bits per heavy atom. The van der Waals surface area contributed by atoms with Crippen molar-refractivity contribution in [2.75, 3.05) is 25.4 Å². The minimum atomic E-state index is -4.75. The van der Waals surface area contributed by atoms with Crippen LogP contribution in [0.25, 0.3) is 0 Å². The van der Waals surface area contributed by atoms with E-state index in [0.29, 0.717) is 30.9 Å². The fourth-order valence-electron chi connectivity index (χ4n) is 4.53. The molecule has 0 aliphatic heterocycles. The molecule has 0 spiro atoms. The van der Waals surface area contributed by atoms with Gasteiger partial charge in [-0.3, -0.25) is 23.7 Å². The first kappa shape index (κ1) is 36.5. The molecule has 0 saturated heterocycles. The second-order valence-electron chi connectivity index (χ2n) is 11.0. The zero-order valence-electron chi connectivity index (χ0n) is 24.1. The maximum Gasteiger partial charge on any atom is 0.469 e. The summed E-state index contributed by atoms with van der Waals surface area (Å²) in [6.45, 7) is 6.37. The third-order valence-electron chi connectivity index (χ3n) is 7.16. The summed E-state index contributed by atoms with van der Waals surface area (Å²) in [4.78, 5) is 67.6. The normalized spacial score (nSPS) is 16.3. The molecule has 1 saturated carbocycles. The van der Waals surface area contributed by atoms with E-state index in [1.54, 1.807) is 0 Å². The highest BCUT2D eigenvalue weighted by atomic mass is 32.2. The van der Waals surface area contributed by atoms with Crippen molar-refractivity contribution < 1.29 is 43.2 Å². The van der Waals surface area contributed by atoms with Crippen molar-refractivity contribution in [2.24, 2.45) is 17.3 Å². The van der Waals surface area contributed by atoms with Gasteiger partial charge in [0.05, 0.1) is 12.6 Å². The van der Waals surface area contributed by atoms with Crippen LogP contribution in [0.1, 0.15) is 85.5 Å². The molecule has 0 aromatic carbocycles. The number of nitrogens with one attached hydrogen (secondary N) is 3. The molecule has 1 aliphatic rings. The summed E-state index contributed by atoms with van der Waals surface area (Å²) in [6.07, 6.45) is 6.03. The Kier molecular flexibility index (Phi) is 16.6. The zero-order valence-corrected chi connectivity index (χ0v) is 25.9. The summed E-state index contributed by atoms with van der Waals surface area (Å²) in [5, 5.41) is 18.2. The van der Waals surface area contributed by atoms with E-state index in [-0.39, 0.29) is 42.4 Å². The molecule has 1 fully saturated rings. The predicted molar refractivity (Wildman–Crippen MR) is 153 cm³/mol. The smallest absolute Gasteiger partial charge is 0.383 e. The van der Waals surface area contributed by atoms with Crippen molar-refractivity contribution in [3.05, 3.63) is 0 Å². The van der Waals surface area contributed by atoms with Crippen LogP contribution in [-0.2, 0) is 28.3 Å². The predicted octanol–water partition coefficient (Wildman–Crippen LogP) is 2.26. The average Bonchev–Trinajstić information content (AvgIpc) is 2.90. The maximum atomic E-state index is 13.0. The summed E-state index contributed by atoms with van der Waals surface area (Å²) >= 11 is 1.09. The second-order valence-corrected chi connectivity index (χ2v) is 13.4. The van der Waals surface area contributed by atoms with E-state index >= 15 is 0 Å². The van der Waals surface area contributed by atoms with E-state index in [9.17, 15) is 28.8 Å². The lowest BCUT2D eigenvalue weighted by Crippen LogP contribution is -2.46. The molecule has 1 unspecified atom stereocenters. The van der Waals surface area contributed by atoms with Gasteiger partial charge in [-0.2, -0.15) is 0 Å². The molecule has 0 radical (unpaired) electrons. The third-order valence-corrected chi connectivity index (χ3v) is 8.61. The summed E-state index contributed by atoms with van der Waals surface area (Å²) in [5.41, 5.74) is -1.28. The summed E-state index contributed by atoms with van der Waals surface area (Å²) in [5.74, 6) is -0.598. The van der Waals surface area contributed by atoms with Crippen LogP contribution in [0.4, 0.5) is 0 Å². The number of carbonyl (C=O) groups is 4. The highest BCUT2D eigenvalue weighted by molar-refractivity contribution is 8.13. The Morgan fingerprint density at radius 3 is 2.20 bits per heavy atom. The van der Waals surface area contributed by atoms with Gasteiger partial charge in [-0.1, -0.05) is 71.6 Å². The van der Waals surface area contributed by atoms with Gasteiger partial charge in [0.25, 0.3) is 0 Å². The van der Waals surface area contributed by atoms with Crippen molar-refractivity contribution in [3.8, 4) is 0 Å². The zero-order chi connectivity index (χ0) is 30.3. The third kappa shape index (κ3) is 14.4. The Labute approximate surface area is 241 Å². The van der Waals surface area contributed by atoms with Crippen LogP contribution < -0.4 is 16.0 Å². The topological polar surface area (TPSA) is 191 Å². The molecule has 12 nitrogen and oxygen atoms in total. The summed E-state index contributed by atoms with van der Waals surface area (Å²) in [7, 11) is -4.75. The molecule has 1 aliphatic carbocycles. The number of carbonyl (C=O) groups excluding carboxylic acids is 4. The van der Waals surface area contributed by atoms with Crippen LogP contribution in [0.15, 0.2) is 0 Å². The van der Waals surface area contributed by atoms with E-state index in [0.717, 1.165) is 37.4 Å². The monoisotopic (exact) mass is 609 g/mol. The second kappa shape index (κ2) is 18.1.